The molecule has 0 saturated heterocycles. The van der Waals surface area contributed by atoms with Gasteiger partial charge in [0.25, 0.3) is 0 Å². The summed E-state index contributed by atoms with van der Waals surface area (Å²) in [5.74, 6) is 0. The average Bonchev–Trinajstić information content (AvgIpc) is 3.81. The zero-order chi connectivity index (χ0) is 40.3. The Morgan fingerprint density at radius 2 is 1.05 bits per heavy atom. The van der Waals surface area contributed by atoms with Gasteiger partial charge in [0, 0.05) is 38.5 Å². The van der Waals surface area contributed by atoms with Crippen LogP contribution in [0.1, 0.15) is 39.9 Å². The van der Waals surface area contributed by atoms with E-state index in [1.807, 2.05) is 18.2 Å². The summed E-state index contributed by atoms with van der Waals surface area (Å²) < 4.78 is 4.66. The van der Waals surface area contributed by atoms with Gasteiger partial charge in [-0.15, -0.1) is 0 Å². The van der Waals surface area contributed by atoms with Gasteiger partial charge in [-0.05, 0) is 104 Å². The second-order valence-electron chi connectivity index (χ2n) is 16.0. The lowest BCUT2D eigenvalue weighted by molar-refractivity contribution is 0.895. The lowest BCUT2D eigenvalue weighted by Gasteiger charge is -2.21. The first-order valence-electron chi connectivity index (χ1n) is 20.6. The summed E-state index contributed by atoms with van der Waals surface area (Å²) in [6.07, 6.45) is 4.12. The van der Waals surface area contributed by atoms with Crippen LogP contribution in [-0.2, 0) is 6.42 Å². The summed E-state index contributed by atoms with van der Waals surface area (Å²) in [4.78, 5) is 5.28. The molecular formula is C56H40N4. The summed E-state index contributed by atoms with van der Waals surface area (Å²) >= 11 is 0. The number of hydrogen-bond acceptors (Lipinski definition) is 2. The first kappa shape index (κ1) is 35.4. The minimum absolute atomic E-state index is 0.611. The Hall–Kier alpha value is -7.74. The summed E-state index contributed by atoms with van der Waals surface area (Å²) in [7, 11) is 0. The third-order valence-corrected chi connectivity index (χ3v) is 12.2. The largest absolute Gasteiger partial charge is 0.312 e. The van der Waals surface area contributed by atoms with Gasteiger partial charge >= 0.3 is 0 Å². The Bertz CT molecular complexity index is 3410. The summed E-state index contributed by atoms with van der Waals surface area (Å²) in [5.41, 5.74) is 19.1. The van der Waals surface area contributed by atoms with E-state index in [0.29, 0.717) is 5.56 Å². The average molecular weight is 769 g/mol. The first-order valence-corrected chi connectivity index (χ1v) is 20.6. The number of allylic oxidation sites excluding steroid dienone is 1. The van der Waals surface area contributed by atoms with Crippen LogP contribution >= 0.6 is 0 Å². The molecule has 4 nitrogen and oxygen atoms in total. The summed E-state index contributed by atoms with van der Waals surface area (Å²) in [6, 6.07) is 65.1. The predicted molar refractivity (Wildman–Crippen MR) is 249 cm³/mol. The minimum atomic E-state index is 0.611. The molecule has 1 aliphatic rings. The first-order chi connectivity index (χ1) is 29.5. The van der Waals surface area contributed by atoms with Gasteiger partial charge in [-0.2, -0.15) is 5.26 Å². The Labute approximate surface area is 349 Å². The van der Waals surface area contributed by atoms with Crippen LogP contribution in [-0.4, -0.2) is 14.1 Å². The molecule has 1 aliphatic carbocycles. The van der Waals surface area contributed by atoms with Crippen molar-refractivity contribution in [2.45, 2.75) is 26.7 Å². The van der Waals surface area contributed by atoms with Crippen LogP contribution in [0.5, 0.6) is 0 Å². The Morgan fingerprint density at radius 1 is 0.467 bits per heavy atom. The van der Waals surface area contributed by atoms with Crippen LogP contribution < -0.4 is 0 Å². The van der Waals surface area contributed by atoms with Crippen molar-refractivity contribution in [3.05, 3.63) is 209 Å². The molecule has 0 radical (unpaired) electrons. The third kappa shape index (κ3) is 5.86. The number of benzene rings is 7. The van der Waals surface area contributed by atoms with Gasteiger partial charge < -0.3 is 9.13 Å². The van der Waals surface area contributed by atoms with Crippen molar-refractivity contribution < 1.29 is 0 Å². The molecule has 284 valence electrons. The predicted octanol–water partition coefficient (Wildman–Crippen LogP) is 14.1. The van der Waals surface area contributed by atoms with E-state index in [2.05, 4.69) is 193 Å². The standard InChI is InChI=1S/C56H40N4/c1-36-13-10-17-39(29-36)41-25-27-53-46(31-41)44-19-6-8-23-51(44)59(53)55-33-43(50-22-12-21-49(58-50)38-15-4-3-5-16-38)34-56(48(55)35-57)60-52-24-9-7-20-45(52)47-32-42(26-28-54(47)60)40-18-11-14-37(2)30-40/h3-25,27,29-34H,26,28H2,1-2H3. The molecule has 3 heterocycles. The van der Waals surface area contributed by atoms with E-state index in [0.717, 1.165) is 79.6 Å². The Kier molecular flexibility index (Phi) is 8.42. The van der Waals surface area contributed by atoms with Crippen LogP contribution in [0.4, 0.5) is 0 Å². The number of rotatable bonds is 6. The number of aromatic nitrogens is 3. The third-order valence-electron chi connectivity index (χ3n) is 12.2. The van der Waals surface area contributed by atoms with Crippen molar-refractivity contribution in [1.29, 1.82) is 5.26 Å². The number of pyridine rings is 1. The second kappa shape index (κ2) is 14.3. The molecule has 10 aromatic rings. The van der Waals surface area contributed by atoms with Crippen LogP contribution in [0.3, 0.4) is 0 Å². The van der Waals surface area contributed by atoms with Crippen LogP contribution in [0, 0.1) is 25.2 Å². The fourth-order valence-electron chi connectivity index (χ4n) is 9.40. The van der Waals surface area contributed by atoms with Crippen LogP contribution in [0.2, 0.25) is 0 Å². The van der Waals surface area contributed by atoms with Crippen molar-refractivity contribution >= 4 is 44.4 Å². The van der Waals surface area contributed by atoms with Crippen molar-refractivity contribution in [1.82, 2.24) is 14.1 Å². The lowest BCUT2D eigenvalue weighted by atomic mass is 9.90. The van der Waals surface area contributed by atoms with Crippen molar-refractivity contribution in [3.63, 3.8) is 0 Å². The molecule has 60 heavy (non-hydrogen) atoms. The maximum absolute atomic E-state index is 11.5. The second-order valence-corrected chi connectivity index (χ2v) is 16.0. The quantitative estimate of drug-likeness (QED) is 0.169. The topological polar surface area (TPSA) is 46.5 Å². The van der Waals surface area contributed by atoms with E-state index < -0.39 is 0 Å². The zero-order valence-electron chi connectivity index (χ0n) is 33.5. The van der Waals surface area contributed by atoms with Gasteiger partial charge in [0.15, 0.2) is 0 Å². The maximum Gasteiger partial charge on any atom is 0.104 e. The number of nitriles is 1. The van der Waals surface area contributed by atoms with Crippen molar-refractivity contribution in [2.75, 3.05) is 0 Å². The molecule has 0 amide bonds. The smallest absolute Gasteiger partial charge is 0.104 e. The van der Waals surface area contributed by atoms with Gasteiger partial charge in [-0.1, -0.05) is 139 Å². The molecule has 0 unspecified atom stereocenters. The van der Waals surface area contributed by atoms with Crippen LogP contribution in [0.15, 0.2) is 176 Å². The molecule has 4 heteroatoms. The normalized spacial score (nSPS) is 12.4. The fourth-order valence-corrected chi connectivity index (χ4v) is 9.40. The molecule has 0 aliphatic heterocycles. The molecule has 0 N–H and O–H groups in total. The highest BCUT2D eigenvalue weighted by atomic mass is 15.0. The monoisotopic (exact) mass is 768 g/mol. The van der Waals surface area contributed by atoms with Gasteiger partial charge in [-0.3, -0.25) is 0 Å². The van der Waals surface area contributed by atoms with E-state index in [1.54, 1.807) is 0 Å². The highest BCUT2D eigenvalue weighted by molar-refractivity contribution is 6.11. The van der Waals surface area contributed by atoms with E-state index in [-0.39, 0.29) is 0 Å². The van der Waals surface area contributed by atoms with Crippen molar-refractivity contribution in [2.24, 2.45) is 0 Å². The van der Waals surface area contributed by atoms with Crippen molar-refractivity contribution in [3.8, 4) is 51.1 Å². The molecule has 3 aromatic heterocycles. The summed E-state index contributed by atoms with van der Waals surface area (Å²) in [6.45, 7) is 4.29. The van der Waals surface area contributed by atoms with Crippen LogP contribution in [0.25, 0.3) is 89.4 Å². The lowest BCUT2D eigenvalue weighted by Crippen LogP contribution is -2.09. The van der Waals surface area contributed by atoms with E-state index in [4.69, 9.17) is 4.98 Å². The van der Waals surface area contributed by atoms with E-state index in [1.165, 1.54) is 44.5 Å². The number of aryl methyl sites for hydroxylation is 2. The minimum Gasteiger partial charge on any atom is -0.312 e. The molecule has 0 fully saturated rings. The molecule has 11 rings (SSSR count). The number of nitrogens with zero attached hydrogens (tertiary/aromatic N) is 4. The van der Waals surface area contributed by atoms with Gasteiger partial charge in [0.2, 0.25) is 0 Å². The Balaban J connectivity index is 1.21. The van der Waals surface area contributed by atoms with E-state index >= 15 is 0 Å². The SMILES string of the molecule is Cc1cccc(C2=Cc3c(n(-c4cc(-c5cccc(-c6ccccc6)n5)cc(-n5c6ccccc6c6cc(-c7cccc(C)c7)ccc65)c4C#N)c4ccccc34)CC2)c1. The number of para-hydroxylation sites is 2. The number of fused-ring (bicyclic) bond motifs is 6. The summed E-state index contributed by atoms with van der Waals surface area (Å²) in [5, 5.41) is 15.0. The van der Waals surface area contributed by atoms with Gasteiger partial charge in [-0.25, -0.2) is 4.98 Å². The van der Waals surface area contributed by atoms with Gasteiger partial charge in [0.1, 0.15) is 11.6 Å². The zero-order valence-corrected chi connectivity index (χ0v) is 33.5. The number of hydrogen-bond donors (Lipinski definition) is 0. The molecule has 0 atom stereocenters. The maximum atomic E-state index is 11.5. The Morgan fingerprint density at radius 3 is 1.80 bits per heavy atom. The molecule has 7 aromatic carbocycles. The fraction of sp³-hybridized carbons (Fsp3) is 0.0714. The van der Waals surface area contributed by atoms with Gasteiger partial charge in [0.05, 0.1) is 39.3 Å². The molecule has 0 saturated carbocycles. The molecule has 0 bridgehead atoms. The molecule has 0 spiro atoms. The van der Waals surface area contributed by atoms with E-state index in [9.17, 15) is 5.26 Å². The highest BCUT2D eigenvalue weighted by Crippen LogP contribution is 2.43. The molecular weight excluding hydrogens is 729 g/mol. The highest BCUT2D eigenvalue weighted by Gasteiger charge is 2.26.